The SMILES string of the molecule is O=C(O)C(CCCP)(C(=O)O)C(=O)O. The van der Waals surface area contributed by atoms with Crippen molar-refractivity contribution in [3.8, 4) is 0 Å². The fourth-order valence-corrected chi connectivity index (χ4v) is 1.17. The maximum absolute atomic E-state index is 10.6. The molecule has 3 N–H and O–H groups in total. The molecule has 0 aliphatic rings. The summed E-state index contributed by atoms with van der Waals surface area (Å²) in [6.45, 7) is 0. The van der Waals surface area contributed by atoms with Crippen LogP contribution in [0.25, 0.3) is 0 Å². The Balaban J connectivity index is 5.06. The van der Waals surface area contributed by atoms with E-state index >= 15 is 0 Å². The summed E-state index contributed by atoms with van der Waals surface area (Å²) in [6.07, 6.45) is 0.238. The Labute approximate surface area is 82.1 Å². The van der Waals surface area contributed by atoms with Crippen molar-refractivity contribution in [1.29, 1.82) is 0 Å². The summed E-state index contributed by atoms with van der Waals surface area (Å²) < 4.78 is 0. The van der Waals surface area contributed by atoms with E-state index in [9.17, 15) is 14.4 Å². The molecule has 0 aromatic rings. The van der Waals surface area contributed by atoms with Crippen LogP contribution in [0.1, 0.15) is 12.8 Å². The molecule has 0 aromatic heterocycles. The molecule has 0 heterocycles. The number of aliphatic carboxylic acids is 3. The minimum atomic E-state index is -2.71. The first-order chi connectivity index (χ1) is 6.39. The lowest BCUT2D eigenvalue weighted by Gasteiger charge is -2.19. The molecular weight excluding hydrogens is 211 g/mol. The summed E-state index contributed by atoms with van der Waals surface area (Å²) in [5, 5.41) is 25.9. The van der Waals surface area contributed by atoms with Gasteiger partial charge in [-0.05, 0) is 19.0 Å². The van der Waals surface area contributed by atoms with Crippen molar-refractivity contribution in [3.05, 3.63) is 0 Å². The first-order valence-electron chi connectivity index (χ1n) is 3.79. The van der Waals surface area contributed by atoms with Crippen molar-refractivity contribution in [3.63, 3.8) is 0 Å². The highest BCUT2D eigenvalue weighted by Crippen LogP contribution is 2.26. The van der Waals surface area contributed by atoms with Crippen molar-refractivity contribution < 1.29 is 29.7 Å². The summed E-state index contributed by atoms with van der Waals surface area (Å²) in [6, 6.07) is 0. The third-order valence-electron chi connectivity index (χ3n) is 1.85. The molecule has 0 saturated heterocycles. The number of carboxylic acids is 3. The van der Waals surface area contributed by atoms with Crippen LogP contribution in [0.2, 0.25) is 0 Å². The quantitative estimate of drug-likeness (QED) is 0.426. The first-order valence-corrected chi connectivity index (χ1v) is 4.61. The van der Waals surface area contributed by atoms with Gasteiger partial charge >= 0.3 is 17.9 Å². The minimum Gasteiger partial charge on any atom is -0.480 e. The number of hydrogen-bond donors (Lipinski definition) is 3. The molecule has 0 aliphatic heterocycles. The van der Waals surface area contributed by atoms with E-state index in [0.717, 1.165) is 0 Å². The molecule has 1 atom stereocenters. The molecule has 0 fully saturated rings. The van der Waals surface area contributed by atoms with Gasteiger partial charge in [0.25, 0.3) is 5.41 Å². The van der Waals surface area contributed by atoms with Gasteiger partial charge in [0, 0.05) is 0 Å². The summed E-state index contributed by atoms with van der Waals surface area (Å²) in [5.41, 5.74) is -2.71. The Kier molecular flexibility index (Phi) is 4.50. The van der Waals surface area contributed by atoms with E-state index in [1.54, 1.807) is 0 Å². The molecule has 0 saturated carbocycles. The highest BCUT2D eigenvalue weighted by Gasteiger charge is 2.53. The standard InChI is InChI=1S/C7H11O6P/c8-4(9)7(5(10)11,6(12)13)2-1-3-14/h1-3,14H2,(H,8,9)(H,10,11)(H,12,13). The lowest BCUT2D eigenvalue weighted by Crippen LogP contribution is -2.46. The van der Waals surface area contributed by atoms with Crippen LogP contribution in [-0.4, -0.2) is 39.4 Å². The van der Waals surface area contributed by atoms with Crippen molar-refractivity contribution in [2.45, 2.75) is 12.8 Å². The molecule has 0 bridgehead atoms. The summed E-state index contributed by atoms with van der Waals surface area (Å²) in [4.78, 5) is 31.9. The van der Waals surface area contributed by atoms with E-state index in [1.165, 1.54) is 0 Å². The van der Waals surface area contributed by atoms with Crippen LogP contribution in [0, 0.1) is 5.41 Å². The number of carbonyl (C=O) groups is 3. The fourth-order valence-electron chi connectivity index (χ4n) is 0.962. The van der Waals surface area contributed by atoms with Gasteiger partial charge in [0.1, 0.15) is 0 Å². The fraction of sp³-hybridized carbons (Fsp3) is 0.571. The van der Waals surface area contributed by atoms with Crippen molar-refractivity contribution in [2.75, 3.05) is 6.16 Å². The molecule has 0 amide bonds. The predicted octanol–water partition coefficient (Wildman–Crippen LogP) is -0.118. The minimum absolute atomic E-state index is 0.204. The Morgan fingerprint density at radius 2 is 1.36 bits per heavy atom. The van der Waals surface area contributed by atoms with E-state index < -0.39 is 29.7 Å². The largest absolute Gasteiger partial charge is 0.480 e. The van der Waals surface area contributed by atoms with Crippen LogP contribution >= 0.6 is 9.24 Å². The van der Waals surface area contributed by atoms with Gasteiger partial charge in [0.05, 0.1) is 0 Å². The Morgan fingerprint density at radius 1 is 1.00 bits per heavy atom. The highest BCUT2D eigenvalue weighted by atomic mass is 31.0. The van der Waals surface area contributed by atoms with Gasteiger partial charge in [-0.2, -0.15) is 0 Å². The van der Waals surface area contributed by atoms with Crippen LogP contribution in [0.4, 0.5) is 0 Å². The van der Waals surface area contributed by atoms with Crippen LogP contribution < -0.4 is 0 Å². The highest BCUT2D eigenvalue weighted by molar-refractivity contribution is 7.16. The van der Waals surface area contributed by atoms with E-state index in [0.29, 0.717) is 6.16 Å². The zero-order chi connectivity index (χ0) is 11.4. The van der Waals surface area contributed by atoms with Crippen molar-refractivity contribution >= 4 is 27.1 Å². The molecule has 0 rings (SSSR count). The van der Waals surface area contributed by atoms with E-state index in [-0.39, 0.29) is 6.42 Å². The molecule has 6 nitrogen and oxygen atoms in total. The lowest BCUT2D eigenvalue weighted by molar-refractivity contribution is -0.176. The maximum atomic E-state index is 10.6. The van der Waals surface area contributed by atoms with Gasteiger partial charge in [0.2, 0.25) is 0 Å². The summed E-state index contributed by atoms with van der Waals surface area (Å²) in [7, 11) is 2.28. The first kappa shape index (κ1) is 12.8. The zero-order valence-electron chi connectivity index (χ0n) is 7.27. The second-order valence-corrected chi connectivity index (χ2v) is 3.29. The summed E-state index contributed by atoms with van der Waals surface area (Å²) in [5.74, 6) is -5.51. The molecule has 7 heteroatoms. The third kappa shape index (κ3) is 2.20. The molecule has 0 aliphatic carbocycles. The van der Waals surface area contributed by atoms with Crippen LogP contribution in [-0.2, 0) is 14.4 Å². The van der Waals surface area contributed by atoms with Gasteiger partial charge in [0.15, 0.2) is 0 Å². The van der Waals surface area contributed by atoms with Gasteiger partial charge in [-0.3, -0.25) is 14.4 Å². The van der Waals surface area contributed by atoms with Crippen LogP contribution in [0.5, 0.6) is 0 Å². The number of hydrogen-bond acceptors (Lipinski definition) is 3. The molecule has 0 radical (unpaired) electrons. The lowest BCUT2D eigenvalue weighted by atomic mass is 9.83. The van der Waals surface area contributed by atoms with Crippen molar-refractivity contribution in [1.82, 2.24) is 0 Å². The van der Waals surface area contributed by atoms with Gasteiger partial charge < -0.3 is 15.3 Å². The molecule has 1 unspecified atom stereocenters. The topological polar surface area (TPSA) is 112 Å². The van der Waals surface area contributed by atoms with Crippen LogP contribution in [0.15, 0.2) is 0 Å². The van der Waals surface area contributed by atoms with E-state index in [2.05, 4.69) is 9.24 Å². The Morgan fingerprint density at radius 3 is 1.57 bits per heavy atom. The molecule has 14 heavy (non-hydrogen) atoms. The Hall–Kier alpha value is -1.16. The molecular formula is C7H11O6P. The average Bonchev–Trinajstić information content (AvgIpc) is 2.03. The maximum Gasteiger partial charge on any atom is 0.332 e. The smallest absolute Gasteiger partial charge is 0.332 e. The summed E-state index contributed by atoms with van der Waals surface area (Å²) >= 11 is 0. The van der Waals surface area contributed by atoms with Gasteiger partial charge in [-0.15, -0.1) is 9.24 Å². The zero-order valence-corrected chi connectivity index (χ0v) is 8.42. The second kappa shape index (κ2) is 4.91. The number of carboxylic acid groups (broad SMARTS) is 3. The monoisotopic (exact) mass is 222 g/mol. The van der Waals surface area contributed by atoms with Crippen molar-refractivity contribution in [2.24, 2.45) is 5.41 Å². The van der Waals surface area contributed by atoms with Gasteiger partial charge in [-0.25, -0.2) is 0 Å². The second-order valence-electron chi connectivity index (χ2n) is 2.71. The molecule has 80 valence electrons. The molecule has 0 aromatic carbocycles. The van der Waals surface area contributed by atoms with Gasteiger partial charge in [-0.1, -0.05) is 0 Å². The van der Waals surface area contributed by atoms with Crippen LogP contribution in [0.3, 0.4) is 0 Å². The van der Waals surface area contributed by atoms with E-state index in [4.69, 9.17) is 15.3 Å². The average molecular weight is 222 g/mol. The number of rotatable bonds is 6. The van der Waals surface area contributed by atoms with E-state index in [1.807, 2.05) is 0 Å². The molecule has 0 spiro atoms. The predicted molar refractivity (Wildman–Crippen MR) is 49.2 cm³/mol. The third-order valence-corrected chi connectivity index (χ3v) is 2.26. The normalized spacial score (nSPS) is 10.9. The Bertz CT molecular complexity index is 225.